The van der Waals surface area contributed by atoms with Crippen molar-refractivity contribution in [2.75, 3.05) is 20.3 Å². The highest BCUT2D eigenvalue weighted by Gasteiger charge is 2.27. The number of aromatic nitrogens is 1. The summed E-state index contributed by atoms with van der Waals surface area (Å²) >= 11 is 0. The molecule has 0 radical (unpaired) electrons. The molecule has 154 valence electrons. The van der Waals surface area contributed by atoms with Gasteiger partial charge >= 0.3 is 0 Å². The van der Waals surface area contributed by atoms with Crippen molar-refractivity contribution in [3.63, 3.8) is 0 Å². The predicted molar refractivity (Wildman–Crippen MR) is 116 cm³/mol. The number of ether oxygens (including phenoxy) is 2. The number of pyridine rings is 1. The Morgan fingerprint density at radius 1 is 1.07 bits per heavy atom. The van der Waals surface area contributed by atoms with Gasteiger partial charge in [-0.2, -0.15) is 0 Å². The highest BCUT2D eigenvalue weighted by atomic mass is 16.5. The normalized spacial score (nSPS) is 15.4. The molecule has 5 heteroatoms. The van der Waals surface area contributed by atoms with Gasteiger partial charge in [-0.15, -0.1) is 0 Å². The lowest BCUT2D eigenvalue weighted by Gasteiger charge is -2.31. The molecule has 1 fully saturated rings. The molecule has 4 rings (SSSR count). The van der Waals surface area contributed by atoms with Crippen LogP contribution in [-0.4, -0.2) is 31.2 Å². The van der Waals surface area contributed by atoms with Gasteiger partial charge < -0.3 is 14.8 Å². The summed E-state index contributed by atoms with van der Waals surface area (Å²) in [5.74, 6) is 1.07. The van der Waals surface area contributed by atoms with Crippen molar-refractivity contribution < 1.29 is 14.3 Å². The topological polar surface area (TPSA) is 60.5 Å². The molecule has 2 heterocycles. The Bertz CT molecular complexity index is 967. The Hall–Kier alpha value is -3.18. The van der Waals surface area contributed by atoms with Crippen molar-refractivity contribution in [3.05, 3.63) is 84.2 Å². The molecule has 1 atom stereocenters. The minimum Gasteiger partial charge on any atom is -0.497 e. The average Bonchev–Trinajstić information content (AvgIpc) is 2.83. The second-order valence-corrected chi connectivity index (χ2v) is 7.50. The molecule has 0 aliphatic carbocycles. The van der Waals surface area contributed by atoms with Crippen molar-refractivity contribution in [1.82, 2.24) is 10.3 Å². The fraction of sp³-hybridized carbons (Fsp3) is 0.280. The van der Waals surface area contributed by atoms with E-state index in [-0.39, 0.29) is 11.9 Å². The third-order valence-corrected chi connectivity index (χ3v) is 5.62. The van der Waals surface area contributed by atoms with E-state index in [0.717, 1.165) is 48.5 Å². The summed E-state index contributed by atoms with van der Waals surface area (Å²) in [5, 5.41) is 3.24. The summed E-state index contributed by atoms with van der Waals surface area (Å²) < 4.78 is 10.8. The van der Waals surface area contributed by atoms with E-state index < -0.39 is 0 Å². The number of benzene rings is 2. The molecule has 1 amide bonds. The molecule has 0 unspecified atom stereocenters. The van der Waals surface area contributed by atoms with Crippen molar-refractivity contribution in [1.29, 1.82) is 0 Å². The molecule has 0 spiro atoms. The quantitative estimate of drug-likeness (QED) is 0.652. The zero-order chi connectivity index (χ0) is 20.8. The molecular weight excluding hydrogens is 376 g/mol. The summed E-state index contributed by atoms with van der Waals surface area (Å²) in [6.45, 7) is 1.46. The summed E-state index contributed by atoms with van der Waals surface area (Å²) in [6, 6.07) is 19.4. The van der Waals surface area contributed by atoms with Gasteiger partial charge in [0.2, 0.25) is 0 Å². The minimum absolute atomic E-state index is 0.0758. The zero-order valence-corrected chi connectivity index (χ0v) is 17.1. The fourth-order valence-electron chi connectivity index (χ4n) is 3.92. The molecule has 3 aromatic rings. The molecule has 1 N–H and O–H groups in total. The lowest BCUT2D eigenvalue weighted by molar-refractivity contribution is 0.0513. The maximum atomic E-state index is 13.0. The van der Waals surface area contributed by atoms with Gasteiger partial charge in [-0.3, -0.25) is 9.78 Å². The van der Waals surface area contributed by atoms with Gasteiger partial charge in [0.1, 0.15) is 5.75 Å². The van der Waals surface area contributed by atoms with Crippen molar-refractivity contribution in [3.8, 4) is 16.9 Å². The number of carbonyl (C=O) groups excluding carboxylic acids is 1. The highest BCUT2D eigenvalue weighted by Crippen LogP contribution is 2.30. The Morgan fingerprint density at radius 3 is 2.57 bits per heavy atom. The first kappa shape index (κ1) is 20.1. The number of methoxy groups -OCH3 is 1. The highest BCUT2D eigenvalue weighted by molar-refractivity contribution is 5.95. The summed E-state index contributed by atoms with van der Waals surface area (Å²) in [6.07, 6.45) is 5.44. The van der Waals surface area contributed by atoms with Crippen LogP contribution >= 0.6 is 0 Å². The van der Waals surface area contributed by atoms with Gasteiger partial charge in [0.05, 0.1) is 13.2 Å². The third-order valence-electron chi connectivity index (χ3n) is 5.62. The first-order chi connectivity index (χ1) is 14.7. The van der Waals surface area contributed by atoms with Crippen molar-refractivity contribution in [2.24, 2.45) is 5.92 Å². The molecule has 0 bridgehead atoms. The standard InChI is InChI=1S/C25H26N2O3/c1-29-23-6-2-4-21(16-23)18-7-9-20(10-8-18)25(28)27-24(19-11-14-30-15-12-19)22-5-3-13-26-17-22/h2-10,13,16-17,19,24H,11-12,14-15H2,1H3,(H,27,28)/t24-/m0/s1. The van der Waals surface area contributed by atoms with Crippen LogP contribution in [0.15, 0.2) is 73.1 Å². The zero-order valence-electron chi connectivity index (χ0n) is 17.1. The summed E-state index contributed by atoms with van der Waals surface area (Å²) in [7, 11) is 1.66. The molecular formula is C25H26N2O3. The van der Waals surface area contributed by atoms with Crippen molar-refractivity contribution in [2.45, 2.75) is 18.9 Å². The average molecular weight is 402 g/mol. The molecule has 30 heavy (non-hydrogen) atoms. The molecule has 1 saturated heterocycles. The number of hydrogen-bond donors (Lipinski definition) is 1. The molecule has 1 aliphatic rings. The van der Waals surface area contributed by atoms with Crippen LogP contribution in [-0.2, 0) is 4.74 Å². The van der Waals surface area contributed by atoms with Crippen LogP contribution in [0.2, 0.25) is 0 Å². The second-order valence-electron chi connectivity index (χ2n) is 7.50. The number of rotatable bonds is 6. The van der Waals surface area contributed by atoms with Gasteiger partial charge in [-0.1, -0.05) is 30.3 Å². The number of nitrogens with one attached hydrogen (secondary N) is 1. The van der Waals surface area contributed by atoms with Crippen LogP contribution in [0.4, 0.5) is 0 Å². The smallest absolute Gasteiger partial charge is 0.251 e. The molecule has 2 aromatic carbocycles. The van der Waals surface area contributed by atoms with E-state index in [1.54, 1.807) is 13.3 Å². The first-order valence-electron chi connectivity index (χ1n) is 10.3. The van der Waals surface area contributed by atoms with Gasteiger partial charge in [0.25, 0.3) is 5.91 Å². The Morgan fingerprint density at radius 2 is 1.87 bits per heavy atom. The van der Waals surface area contributed by atoms with E-state index >= 15 is 0 Å². The van der Waals surface area contributed by atoms with Gasteiger partial charge in [0, 0.05) is 31.2 Å². The second kappa shape index (κ2) is 9.55. The Labute approximate surface area is 177 Å². The SMILES string of the molecule is COc1cccc(-c2ccc(C(=O)N[C@H](c3cccnc3)C3CCOCC3)cc2)c1. The lowest BCUT2D eigenvalue weighted by atomic mass is 9.87. The van der Waals surface area contributed by atoms with Gasteiger partial charge in [-0.25, -0.2) is 0 Å². The summed E-state index contributed by atoms with van der Waals surface area (Å²) in [4.78, 5) is 17.3. The monoisotopic (exact) mass is 402 g/mol. The number of hydrogen-bond acceptors (Lipinski definition) is 4. The maximum absolute atomic E-state index is 13.0. The molecule has 1 aromatic heterocycles. The third kappa shape index (κ3) is 4.69. The van der Waals surface area contributed by atoms with Gasteiger partial charge in [0.15, 0.2) is 0 Å². The van der Waals surface area contributed by atoms with Crippen LogP contribution < -0.4 is 10.1 Å². The Kier molecular flexibility index (Phi) is 6.40. The fourth-order valence-corrected chi connectivity index (χ4v) is 3.92. The van der Waals surface area contributed by atoms with E-state index in [4.69, 9.17) is 9.47 Å². The largest absolute Gasteiger partial charge is 0.497 e. The molecule has 0 saturated carbocycles. The maximum Gasteiger partial charge on any atom is 0.251 e. The van der Waals surface area contributed by atoms with E-state index in [0.29, 0.717) is 11.5 Å². The number of carbonyl (C=O) groups is 1. The van der Waals surface area contributed by atoms with Crippen molar-refractivity contribution >= 4 is 5.91 Å². The van der Waals surface area contributed by atoms with Crippen LogP contribution in [0.1, 0.15) is 34.8 Å². The van der Waals surface area contributed by atoms with Crippen LogP contribution in [0.3, 0.4) is 0 Å². The van der Waals surface area contributed by atoms with Crippen LogP contribution in [0.25, 0.3) is 11.1 Å². The van der Waals surface area contributed by atoms with E-state index in [1.807, 2.05) is 66.9 Å². The van der Waals surface area contributed by atoms with Crippen LogP contribution in [0, 0.1) is 5.92 Å². The lowest BCUT2D eigenvalue weighted by Crippen LogP contribution is -2.36. The minimum atomic E-state index is -0.0764. The van der Waals surface area contributed by atoms with E-state index in [2.05, 4.69) is 10.3 Å². The first-order valence-corrected chi connectivity index (χ1v) is 10.3. The number of amides is 1. The van der Waals surface area contributed by atoms with Crippen LogP contribution in [0.5, 0.6) is 5.75 Å². The van der Waals surface area contributed by atoms with Gasteiger partial charge in [-0.05, 0) is 65.8 Å². The molecule has 1 aliphatic heterocycles. The Balaban J connectivity index is 1.52. The predicted octanol–water partition coefficient (Wildman–Crippen LogP) is 4.65. The summed E-state index contributed by atoms with van der Waals surface area (Å²) in [5.41, 5.74) is 3.77. The van der Waals surface area contributed by atoms with E-state index in [1.165, 1.54) is 0 Å². The van der Waals surface area contributed by atoms with E-state index in [9.17, 15) is 4.79 Å². The number of nitrogens with zero attached hydrogens (tertiary/aromatic N) is 1. The molecule has 5 nitrogen and oxygen atoms in total.